The molecule has 0 aliphatic carbocycles. The number of ether oxygens (including phenoxy) is 2. The van der Waals surface area contributed by atoms with Crippen LogP contribution in [0, 0.1) is 0 Å². The van der Waals surface area contributed by atoms with Crippen molar-refractivity contribution in [3.63, 3.8) is 0 Å². The van der Waals surface area contributed by atoms with Gasteiger partial charge in [0.15, 0.2) is 0 Å². The van der Waals surface area contributed by atoms with Crippen LogP contribution in [0.1, 0.15) is 0 Å². The van der Waals surface area contributed by atoms with Crippen molar-refractivity contribution in [3.8, 4) is 10.7 Å². The normalized spacial score (nSPS) is 20.6. The molecule has 1 aliphatic heterocycles. The quantitative estimate of drug-likeness (QED) is 0.836. The van der Waals surface area contributed by atoms with E-state index in [1.165, 1.54) is 4.88 Å². The molecule has 3 heterocycles. The minimum atomic E-state index is 0.136. The Bertz CT molecular complexity index is 461. The number of aromatic nitrogens is 2. The zero-order chi connectivity index (χ0) is 11.5. The Morgan fingerprint density at radius 2 is 2.47 bits per heavy atom. The van der Waals surface area contributed by atoms with Crippen LogP contribution in [-0.4, -0.2) is 35.5 Å². The number of thiophene rings is 1. The van der Waals surface area contributed by atoms with Crippen LogP contribution in [0.4, 0.5) is 0 Å². The molecule has 0 spiro atoms. The van der Waals surface area contributed by atoms with Crippen LogP contribution in [0.2, 0.25) is 0 Å². The van der Waals surface area contributed by atoms with Crippen molar-refractivity contribution in [2.45, 2.75) is 12.6 Å². The topological polar surface area (TPSA) is 36.3 Å². The van der Waals surface area contributed by atoms with Crippen molar-refractivity contribution in [3.05, 3.63) is 29.9 Å². The molecule has 2 aromatic heterocycles. The zero-order valence-corrected chi connectivity index (χ0v) is 10.2. The van der Waals surface area contributed by atoms with Crippen molar-refractivity contribution < 1.29 is 9.47 Å². The second-order valence-electron chi connectivity index (χ2n) is 3.95. The van der Waals surface area contributed by atoms with E-state index in [1.807, 2.05) is 18.5 Å². The second-order valence-corrected chi connectivity index (χ2v) is 4.90. The molecule has 1 saturated heterocycles. The van der Waals surface area contributed by atoms with E-state index in [0.29, 0.717) is 19.8 Å². The van der Waals surface area contributed by atoms with Gasteiger partial charge in [-0.05, 0) is 11.4 Å². The SMILES string of the molecule is c1csc(-c2nccn2CC2COCCO2)c1. The lowest BCUT2D eigenvalue weighted by Gasteiger charge is -2.23. The Morgan fingerprint density at radius 3 is 3.24 bits per heavy atom. The Balaban J connectivity index is 1.77. The molecule has 90 valence electrons. The van der Waals surface area contributed by atoms with Crippen LogP contribution >= 0.6 is 11.3 Å². The van der Waals surface area contributed by atoms with E-state index in [1.54, 1.807) is 11.3 Å². The summed E-state index contributed by atoms with van der Waals surface area (Å²) < 4.78 is 13.2. The fourth-order valence-corrected chi connectivity index (χ4v) is 2.69. The summed E-state index contributed by atoms with van der Waals surface area (Å²) in [4.78, 5) is 5.59. The summed E-state index contributed by atoms with van der Waals surface area (Å²) in [5.74, 6) is 1.01. The lowest BCUT2D eigenvalue weighted by Crippen LogP contribution is -2.32. The molecule has 0 amide bonds. The van der Waals surface area contributed by atoms with Crippen LogP contribution < -0.4 is 0 Å². The van der Waals surface area contributed by atoms with Gasteiger partial charge in [-0.3, -0.25) is 0 Å². The molecule has 2 aromatic rings. The third kappa shape index (κ3) is 2.41. The smallest absolute Gasteiger partial charge is 0.150 e. The highest BCUT2D eigenvalue weighted by molar-refractivity contribution is 7.13. The molecule has 0 saturated carbocycles. The monoisotopic (exact) mass is 250 g/mol. The molecule has 1 aliphatic rings. The van der Waals surface area contributed by atoms with Gasteiger partial charge in [-0.2, -0.15) is 0 Å². The molecule has 1 unspecified atom stereocenters. The van der Waals surface area contributed by atoms with Crippen molar-refractivity contribution >= 4 is 11.3 Å². The average molecular weight is 250 g/mol. The number of hydrogen-bond donors (Lipinski definition) is 0. The zero-order valence-electron chi connectivity index (χ0n) is 9.41. The number of hydrogen-bond acceptors (Lipinski definition) is 4. The van der Waals surface area contributed by atoms with Crippen molar-refractivity contribution in [1.82, 2.24) is 9.55 Å². The molecule has 3 rings (SSSR count). The van der Waals surface area contributed by atoms with Crippen molar-refractivity contribution in [1.29, 1.82) is 0 Å². The Hall–Kier alpha value is -1.17. The summed E-state index contributed by atoms with van der Waals surface area (Å²) in [5, 5.41) is 2.06. The van der Waals surface area contributed by atoms with Crippen LogP contribution in [0.5, 0.6) is 0 Å². The lowest BCUT2D eigenvalue weighted by molar-refractivity contribution is -0.0934. The molecule has 0 N–H and O–H groups in total. The third-order valence-electron chi connectivity index (χ3n) is 2.74. The Morgan fingerprint density at radius 1 is 1.47 bits per heavy atom. The minimum absolute atomic E-state index is 0.136. The first-order valence-electron chi connectivity index (χ1n) is 5.68. The summed E-state index contributed by atoms with van der Waals surface area (Å²) in [6.07, 6.45) is 3.96. The van der Waals surface area contributed by atoms with Gasteiger partial charge in [0, 0.05) is 12.4 Å². The standard InChI is InChI=1S/C12H14N2O2S/c1-2-11(17-7-1)12-13-3-4-14(12)8-10-9-15-5-6-16-10/h1-4,7,10H,5-6,8-9H2. The molecule has 5 heteroatoms. The third-order valence-corrected chi connectivity index (χ3v) is 3.61. The largest absolute Gasteiger partial charge is 0.376 e. The number of rotatable bonds is 3. The molecule has 1 fully saturated rings. The van der Waals surface area contributed by atoms with Crippen LogP contribution in [0.3, 0.4) is 0 Å². The molecule has 1 atom stereocenters. The predicted octanol–water partition coefficient (Wildman–Crippen LogP) is 2.03. The maximum absolute atomic E-state index is 5.65. The molecule has 4 nitrogen and oxygen atoms in total. The Kier molecular flexibility index (Phi) is 3.22. The first kappa shape index (κ1) is 11.0. The lowest BCUT2D eigenvalue weighted by atomic mass is 10.3. The van der Waals surface area contributed by atoms with Gasteiger partial charge < -0.3 is 14.0 Å². The summed E-state index contributed by atoms with van der Waals surface area (Å²) in [5.41, 5.74) is 0. The van der Waals surface area contributed by atoms with Crippen LogP contribution in [0.25, 0.3) is 10.7 Å². The summed E-state index contributed by atoms with van der Waals surface area (Å²) >= 11 is 1.70. The van der Waals surface area contributed by atoms with Gasteiger partial charge in [0.05, 0.1) is 37.3 Å². The van der Waals surface area contributed by atoms with Crippen LogP contribution in [0.15, 0.2) is 29.9 Å². The Labute approximate surface area is 104 Å². The van der Waals surface area contributed by atoms with Gasteiger partial charge in [0.1, 0.15) is 5.82 Å². The first-order valence-corrected chi connectivity index (χ1v) is 6.56. The maximum Gasteiger partial charge on any atom is 0.150 e. The van der Waals surface area contributed by atoms with Gasteiger partial charge in [-0.1, -0.05) is 6.07 Å². The van der Waals surface area contributed by atoms with E-state index < -0.39 is 0 Å². The minimum Gasteiger partial charge on any atom is -0.376 e. The van der Waals surface area contributed by atoms with Crippen molar-refractivity contribution in [2.24, 2.45) is 0 Å². The highest BCUT2D eigenvalue weighted by atomic mass is 32.1. The molecular formula is C12H14N2O2S. The summed E-state index contributed by atoms with van der Waals surface area (Å²) in [6.45, 7) is 2.86. The first-order chi connectivity index (χ1) is 8.43. The van der Waals surface area contributed by atoms with E-state index in [4.69, 9.17) is 9.47 Å². The molecular weight excluding hydrogens is 236 g/mol. The highest BCUT2D eigenvalue weighted by Gasteiger charge is 2.17. The van der Waals surface area contributed by atoms with Crippen LogP contribution in [-0.2, 0) is 16.0 Å². The van der Waals surface area contributed by atoms with Gasteiger partial charge in [0.25, 0.3) is 0 Å². The summed E-state index contributed by atoms with van der Waals surface area (Å²) in [7, 11) is 0. The fraction of sp³-hybridized carbons (Fsp3) is 0.417. The summed E-state index contributed by atoms with van der Waals surface area (Å²) in [6, 6.07) is 4.13. The number of nitrogens with zero attached hydrogens (tertiary/aromatic N) is 2. The van der Waals surface area contributed by atoms with E-state index in [-0.39, 0.29) is 6.10 Å². The fourth-order valence-electron chi connectivity index (χ4n) is 1.95. The average Bonchev–Trinajstić information content (AvgIpc) is 3.00. The second kappa shape index (κ2) is 5.00. The van der Waals surface area contributed by atoms with Gasteiger partial charge in [0.2, 0.25) is 0 Å². The van der Waals surface area contributed by atoms with E-state index >= 15 is 0 Å². The van der Waals surface area contributed by atoms with Gasteiger partial charge in [-0.15, -0.1) is 11.3 Å². The number of imidazole rings is 1. The molecule has 17 heavy (non-hydrogen) atoms. The van der Waals surface area contributed by atoms with Gasteiger partial charge in [-0.25, -0.2) is 4.98 Å². The van der Waals surface area contributed by atoms with E-state index in [2.05, 4.69) is 21.0 Å². The van der Waals surface area contributed by atoms with E-state index in [9.17, 15) is 0 Å². The molecule has 0 bridgehead atoms. The maximum atomic E-state index is 5.65. The predicted molar refractivity (Wildman–Crippen MR) is 66.1 cm³/mol. The molecule has 0 aromatic carbocycles. The van der Waals surface area contributed by atoms with E-state index in [0.717, 1.165) is 12.4 Å². The van der Waals surface area contributed by atoms with Gasteiger partial charge >= 0.3 is 0 Å². The highest BCUT2D eigenvalue weighted by Crippen LogP contribution is 2.23. The molecule has 0 radical (unpaired) electrons. The van der Waals surface area contributed by atoms with Crippen molar-refractivity contribution in [2.75, 3.05) is 19.8 Å².